The molecule has 0 aliphatic heterocycles. The monoisotopic (exact) mass is 294 g/mol. The Morgan fingerprint density at radius 1 is 1.29 bits per heavy atom. The fourth-order valence-corrected chi connectivity index (χ4v) is 1.77. The number of nitrogens with one attached hydrogen (secondary N) is 1. The molecule has 4 N–H and O–H groups in total. The molecule has 1 aromatic carbocycles. The van der Waals surface area contributed by atoms with E-state index in [9.17, 15) is 14.7 Å². The highest BCUT2D eigenvalue weighted by Gasteiger charge is 2.25. The Morgan fingerprint density at radius 2 is 1.86 bits per heavy atom. The highest BCUT2D eigenvalue weighted by Crippen LogP contribution is 2.12. The molecule has 0 aliphatic rings. The van der Waals surface area contributed by atoms with Crippen molar-refractivity contribution in [3.05, 3.63) is 29.8 Å². The summed E-state index contributed by atoms with van der Waals surface area (Å²) in [5.41, 5.74) is 6.56. The molecule has 0 heterocycles. The number of benzene rings is 1. The summed E-state index contributed by atoms with van der Waals surface area (Å²) in [5.74, 6) is -0.817. The van der Waals surface area contributed by atoms with E-state index in [0.29, 0.717) is 0 Å². The number of rotatable bonds is 6. The third-order valence-electron chi connectivity index (χ3n) is 3.20. The maximum Gasteiger partial charge on any atom is 0.328 e. The molecular formula is C15H22N2O4. The Hall–Kier alpha value is -2.08. The number of ether oxygens (including phenoxy) is 1. The SMILES string of the molecule is COC(=O)[C@H](Cc1ccc(O)cc1)NC(=O)[C@@H](N)C(C)C. The van der Waals surface area contributed by atoms with Crippen LogP contribution in [0.5, 0.6) is 5.75 Å². The zero-order valence-electron chi connectivity index (χ0n) is 12.5. The van der Waals surface area contributed by atoms with Crippen LogP contribution in [0, 0.1) is 5.92 Å². The molecule has 0 saturated heterocycles. The summed E-state index contributed by atoms with van der Waals surface area (Å²) in [6.45, 7) is 3.66. The summed E-state index contributed by atoms with van der Waals surface area (Å²) in [6.07, 6.45) is 0.267. The number of aromatic hydroxyl groups is 1. The van der Waals surface area contributed by atoms with Gasteiger partial charge in [0, 0.05) is 6.42 Å². The summed E-state index contributed by atoms with van der Waals surface area (Å²) < 4.78 is 4.71. The van der Waals surface area contributed by atoms with Gasteiger partial charge in [-0.3, -0.25) is 4.79 Å². The van der Waals surface area contributed by atoms with Crippen LogP contribution in [0.2, 0.25) is 0 Å². The first-order valence-electron chi connectivity index (χ1n) is 6.76. The van der Waals surface area contributed by atoms with Crippen LogP contribution >= 0.6 is 0 Å². The van der Waals surface area contributed by atoms with E-state index in [1.807, 2.05) is 13.8 Å². The van der Waals surface area contributed by atoms with Crippen molar-refractivity contribution in [3.63, 3.8) is 0 Å². The predicted molar refractivity (Wildman–Crippen MR) is 78.6 cm³/mol. The Morgan fingerprint density at radius 3 is 2.33 bits per heavy atom. The minimum absolute atomic E-state index is 0.0306. The molecule has 2 atom stereocenters. The van der Waals surface area contributed by atoms with Gasteiger partial charge in [-0.2, -0.15) is 0 Å². The van der Waals surface area contributed by atoms with E-state index in [0.717, 1.165) is 5.56 Å². The smallest absolute Gasteiger partial charge is 0.328 e. The second kappa shape index (κ2) is 7.64. The van der Waals surface area contributed by atoms with Gasteiger partial charge in [-0.05, 0) is 23.6 Å². The molecule has 0 saturated carbocycles. The van der Waals surface area contributed by atoms with Crippen LogP contribution in [0.1, 0.15) is 19.4 Å². The van der Waals surface area contributed by atoms with Crippen LogP contribution in [-0.2, 0) is 20.7 Å². The van der Waals surface area contributed by atoms with Crippen LogP contribution in [0.3, 0.4) is 0 Å². The largest absolute Gasteiger partial charge is 0.508 e. The fraction of sp³-hybridized carbons (Fsp3) is 0.467. The lowest BCUT2D eigenvalue weighted by atomic mass is 10.0. The van der Waals surface area contributed by atoms with Gasteiger partial charge in [-0.15, -0.1) is 0 Å². The number of amides is 1. The molecule has 116 valence electrons. The molecule has 0 fully saturated rings. The van der Waals surface area contributed by atoms with E-state index in [4.69, 9.17) is 10.5 Å². The van der Waals surface area contributed by atoms with Crippen molar-refractivity contribution in [2.45, 2.75) is 32.4 Å². The molecule has 6 nitrogen and oxygen atoms in total. The summed E-state index contributed by atoms with van der Waals surface area (Å²) in [7, 11) is 1.26. The number of methoxy groups -OCH3 is 1. The van der Waals surface area contributed by atoms with Crippen molar-refractivity contribution in [2.24, 2.45) is 11.7 Å². The van der Waals surface area contributed by atoms with Crippen LogP contribution in [-0.4, -0.2) is 36.2 Å². The summed E-state index contributed by atoms with van der Waals surface area (Å²) in [6, 6.07) is 4.91. The van der Waals surface area contributed by atoms with Crippen LogP contribution < -0.4 is 11.1 Å². The summed E-state index contributed by atoms with van der Waals surface area (Å²) in [4.78, 5) is 23.8. The number of phenols is 1. The Balaban J connectivity index is 2.79. The molecule has 0 unspecified atom stereocenters. The average molecular weight is 294 g/mol. The summed E-state index contributed by atoms with van der Waals surface area (Å²) >= 11 is 0. The lowest BCUT2D eigenvalue weighted by molar-refractivity contribution is -0.145. The van der Waals surface area contributed by atoms with E-state index in [-0.39, 0.29) is 24.0 Å². The number of carbonyl (C=O) groups excluding carboxylic acids is 2. The Bertz CT molecular complexity index is 485. The minimum atomic E-state index is -0.808. The lowest BCUT2D eigenvalue weighted by Gasteiger charge is -2.21. The van der Waals surface area contributed by atoms with Crippen molar-refractivity contribution >= 4 is 11.9 Å². The average Bonchev–Trinajstić information content (AvgIpc) is 2.46. The molecular weight excluding hydrogens is 272 g/mol. The molecule has 0 spiro atoms. The maximum absolute atomic E-state index is 12.0. The Kier molecular flexibility index (Phi) is 6.17. The number of carbonyl (C=O) groups is 2. The van der Waals surface area contributed by atoms with E-state index >= 15 is 0 Å². The first-order chi connectivity index (χ1) is 9.85. The van der Waals surface area contributed by atoms with Gasteiger partial charge in [-0.25, -0.2) is 4.79 Å². The molecule has 1 amide bonds. The van der Waals surface area contributed by atoms with Crippen LogP contribution in [0.25, 0.3) is 0 Å². The number of nitrogens with two attached hydrogens (primary N) is 1. The highest BCUT2D eigenvalue weighted by atomic mass is 16.5. The lowest BCUT2D eigenvalue weighted by Crippen LogP contribution is -2.51. The quantitative estimate of drug-likeness (QED) is 0.666. The third-order valence-corrected chi connectivity index (χ3v) is 3.20. The van der Waals surface area contributed by atoms with Crippen molar-refractivity contribution in [2.75, 3.05) is 7.11 Å². The molecule has 0 aliphatic carbocycles. The van der Waals surface area contributed by atoms with E-state index in [1.165, 1.54) is 19.2 Å². The molecule has 6 heteroatoms. The summed E-state index contributed by atoms with van der Waals surface area (Å²) in [5, 5.41) is 11.9. The minimum Gasteiger partial charge on any atom is -0.508 e. The molecule has 21 heavy (non-hydrogen) atoms. The van der Waals surface area contributed by atoms with Gasteiger partial charge in [-0.1, -0.05) is 26.0 Å². The fourth-order valence-electron chi connectivity index (χ4n) is 1.77. The molecule has 0 bridgehead atoms. The maximum atomic E-state index is 12.0. The van der Waals surface area contributed by atoms with E-state index in [1.54, 1.807) is 12.1 Å². The van der Waals surface area contributed by atoms with Gasteiger partial charge >= 0.3 is 5.97 Å². The van der Waals surface area contributed by atoms with Crippen molar-refractivity contribution in [1.29, 1.82) is 0 Å². The van der Waals surface area contributed by atoms with Crippen molar-refractivity contribution in [3.8, 4) is 5.75 Å². The van der Waals surface area contributed by atoms with Gasteiger partial charge in [0.25, 0.3) is 0 Å². The standard InChI is InChI=1S/C15H22N2O4/c1-9(2)13(16)14(19)17-12(15(20)21-3)8-10-4-6-11(18)7-5-10/h4-7,9,12-13,18H,8,16H2,1-3H3,(H,17,19)/t12-,13-/m0/s1. The van der Waals surface area contributed by atoms with Crippen molar-refractivity contribution < 1.29 is 19.4 Å². The normalized spacial score (nSPS) is 13.6. The second-order valence-corrected chi connectivity index (χ2v) is 5.22. The van der Waals surface area contributed by atoms with E-state index < -0.39 is 18.1 Å². The van der Waals surface area contributed by atoms with Gasteiger partial charge in [0.2, 0.25) is 5.91 Å². The van der Waals surface area contributed by atoms with Gasteiger partial charge < -0.3 is 20.9 Å². The van der Waals surface area contributed by atoms with Gasteiger partial charge in [0.15, 0.2) is 0 Å². The van der Waals surface area contributed by atoms with Gasteiger partial charge in [0.1, 0.15) is 11.8 Å². The second-order valence-electron chi connectivity index (χ2n) is 5.22. The predicted octanol–water partition coefficient (Wildman–Crippen LogP) is 0.576. The molecule has 1 rings (SSSR count). The first kappa shape index (κ1) is 17.0. The van der Waals surface area contributed by atoms with E-state index in [2.05, 4.69) is 5.32 Å². The number of esters is 1. The van der Waals surface area contributed by atoms with Crippen molar-refractivity contribution in [1.82, 2.24) is 5.32 Å². The number of hydrogen-bond acceptors (Lipinski definition) is 5. The van der Waals surface area contributed by atoms with Crippen LogP contribution in [0.4, 0.5) is 0 Å². The zero-order chi connectivity index (χ0) is 16.0. The van der Waals surface area contributed by atoms with Gasteiger partial charge in [0.05, 0.1) is 13.2 Å². The number of hydrogen-bond donors (Lipinski definition) is 3. The first-order valence-corrected chi connectivity index (χ1v) is 6.76. The Labute approximate surface area is 124 Å². The third kappa shape index (κ3) is 5.07. The zero-order valence-corrected chi connectivity index (χ0v) is 12.5. The molecule has 0 radical (unpaired) electrons. The molecule has 1 aromatic rings. The highest BCUT2D eigenvalue weighted by molar-refractivity contribution is 5.87. The number of phenolic OH excluding ortho intramolecular Hbond substituents is 1. The van der Waals surface area contributed by atoms with Crippen LogP contribution in [0.15, 0.2) is 24.3 Å². The topological polar surface area (TPSA) is 102 Å². The molecule has 0 aromatic heterocycles.